The Labute approximate surface area is 102 Å². The number of hydrogen-bond acceptors (Lipinski definition) is 3. The van der Waals surface area contributed by atoms with Gasteiger partial charge in [0.1, 0.15) is 0 Å². The molecule has 17 heavy (non-hydrogen) atoms. The molecular weight excluding hydrogens is 216 g/mol. The topological polar surface area (TPSA) is 59.0 Å². The van der Waals surface area contributed by atoms with Crippen LogP contribution < -0.4 is 10.6 Å². The van der Waals surface area contributed by atoms with E-state index in [1.807, 2.05) is 6.92 Å². The molecule has 0 saturated carbocycles. The maximum Gasteiger partial charge on any atom is 0.254 e. The fourth-order valence-electron chi connectivity index (χ4n) is 2.07. The zero-order chi connectivity index (χ0) is 12.1. The molecule has 0 unspecified atom stereocenters. The van der Waals surface area contributed by atoms with Gasteiger partial charge in [0.25, 0.3) is 5.91 Å². The summed E-state index contributed by atoms with van der Waals surface area (Å²) in [4.78, 5) is 11.8. The number of aryl methyl sites for hydroxylation is 1. The van der Waals surface area contributed by atoms with Crippen molar-refractivity contribution in [3.05, 3.63) is 18.0 Å². The Hall–Kier alpha value is -1.36. The van der Waals surface area contributed by atoms with E-state index in [1.165, 1.54) is 12.8 Å². The number of hydrogen-bond donors (Lipinski definition) is 2. The fourth-order valence-corrected chi connectivity index (χ4v) is 2.07. The molecule has 0 spiro atoms. The minimum atomic E-state index is -0.0305. The minimum absolute atomic E-state index is 0.0305. The van der Waals surface area contributed by atoms with Crippen molar-refractivity contribution in [2.75, 3.05) is 13.1 Å². The third kappa shape index (κ3) is 3.30. The largest absolute Gasteiger partial charge is 0.350 e. The van der Waals surface area contributed by atoms with E-state index in [0.29, 0.717) is 18.2 Å². The highest BCUT2D eigenvalue weighted by atomic mass is 16.1. The number of carbonyl (C=O) groups excluding carboxylic acids is 1. The molecule has 5 heteroatoms. The second-order valence-electron chi connectivity index (χ2n) is 4.44. The Kier molecular flexibility index (Phi) is 4.14. The Balaban J connectivity index is 1.80. The third-order valence-corrected chi connectivity index (χ3v) is 3.14. The lowest BCUT2D eigenvalue weighted by Crippen LogP contribution is -2.43. The van der Waals surface area contributed by atoms with Crippen molar-refractivity contribution in [3.8, 4) is 0 Å². The van der Waals surface area contributed by atoms with Gasteiger partial charge in [-0.2, -0.15) is 5.10 Å². The van der Waals surface area contributed by atoms with E-state index < -0.39 is 0 Å². The van der Waals surface area contributed by atoms with Crippen LogP contribution >= 0.6 is 0 Å². The van der Waals surface area contributed by atoms with Gasteiger partial charge < -0.3 is 10.6 Å². The van der Waals surface area contributed by atoms with Crippen molar-refractivity contribution in [2.24, 2.45) is 0 Å². The molecule has 0 radical (unpaired) electrons. The molecule has 1 saturated heterocycles. The number of nitrogens with zero attached hydrogens (tertiary/aromatic N) is 2. The van der Waals surface area contributed by atoms with Gasteiger partial charge in [-0.05, 0) is 26.3 Å². The molecule has 2 heterocycles. The lowest BCUT2D eigenvalue weighted by molar-refractivity contribution is 0.0947. The van der Waals surface area contributed by atoms with Crippen LogP contribution in [0, 0.1) is 0 Å². The summed E-state index contributed by atoms with van der Waals surface area (Å²) in [5.74, 6) is -0.0305. The first-order valence-corrected chi connectivity index (χ1v) is 6.33. The monoisotopic (exact) mass is 236 g/mol. The average Bonchev–Trinajstić information content (AvgIpc) is 2.86. The summed E-state index contributed by atoms with van der Waals surface area (Å²) < 4.78 is 1.76. The van der Waals surface area contributed by atoms with E-state index in [4.69, 9.17) is 0 Å². The number of amides is 1. The highest BCUT2D eigenvalue weighted by Crippen LogP contribution is 2.06. The first-order chi connectivity index (χ1) is 8.29. The van der Waals surface area contributed by atoms with Crippen LogP contribution in [0.3, 0.4) is 0 Å². The van der Waals surface area contributed by atoms with Gasteiger partial charge in [-0.15, -0.1) is 0 Å². The van der Waals surface area contributed by atoms with Gasteiger partial charge in [0, 0.05) is 25.3 Å². The summed E-state index contributed by atoms with van der Waals surface area (Å²) in [6.45, 7) is 4.56. The molecule has 0 bridgehead atoms. The Morgan fingerprint density at radius 1 is 1.65 bits per heavy atom. The van der Waals surface area contributed by atoms with Crippen LogP contribution in [-0.2, 0) is 6.54 Å². The van der Waals surface area contributed by atoms with Gasteiger partial charge >= 0.3 is 0 Å². The van der Waals surface area contributed by atoms with Crippen LogP contribution in [0.2, 0.25) is 0 Å². The summed E-state index contributed by atoms with van der Waals surface area (Å²) in [5, 5.41) is 10.4. The van der Waals surface area contributed by atoms with Crippen LogP contribution in [-0.4, -0.2) is 34.8 Å². The zero-order valence-corrected chi connectivity index (χ0v) is 10.3. The quantitative estimate of drug-likeness (QED) is 0.812. The smallest absolute Gasteiger partial charge is 0.254 e. The Morgan fingerprint density at radius 3 is 3.18 bits per heavy atom. The SMILES string of the molecule is CCn1cc(C(=O)NC[C@H]2CCCCN2)cn1. The molecule has 1 fully saturated rings. The van der Waals surface area contributed by atoms with Gasteiger partial charge in [-0.1, -0.05) is 6.42 Å². The molecule has 0 aromatic carbocycles. The standard InChI is InChI=1S/C12H20N4O/c1-2-16-9-10(7-15-16)12(17)14-8-11-5-3-4-6-13-11/h7,9,11,13H,2-6,8H2,1H3,(H,14,17)/t11-/m1/s1. The van der Waals surface area contributed by atoms with Crippen LogP contribution in [0.5, 0.6) is 0 Å². The predicted octanol–water partition coefficient (Wildman–Crippen LogP) is 0.775. The van der Waals surface area contributed by atoms with Crippen LogP contribution in [0.4, 0.5) is 0 Å². The summed E-state index contributed by atoms with van der Waals surface area (Å²) in [6.07, 6.45) is 7.04. The lowest BCUT2D eigenvalue weighted by atomic mass is 10.1. The van der Waals surface area contributed by atoms with Crippen molar-refractivity contribution in [2.45, 2.75) is 38.8 Å². The molecule has 1 amide bonds. The minimum Gasteiger partial charge on any atom is -0.350 e. The van der Waals surface area contributed by atoms with E-state index >= 15 is 0 Å². The van der Waals surface area contributed by atoms with Crippen molar-refractivity contribution in [1.29, 1.82) is 0 Å². The lowest BCUT2D eigenvalue weighted by Gasteiger charge is -2.23. The maximum atomic E-state index is 11.8. The second-order valence-corrected chi connectivity index (χ2v) is 4.44. The zero-order valence-electron chi connectivity index (χ0n) is 10.3. The van der Waals surface area contributed by atoms with E-state index in [-0.39, 0.29) is 5.91 Å². The molecule has 2 N–H and O–H groups in total. The average molecular weight is 236 g/mol. The molecule has 2 rings (SSSR count). The van der Waals surface area contributed by atoms with Gasteiger partial charge in [0.05, 0.1) is 11.8 Å². The van der Waals surface area contributed by atoms with Crippen LogP contribution in [0.1, 0.15) is 36.5 Å². The van der Waals surface area contributed by atoms with Crippen molar-refractivity contribution >= 4 is 5.91 Å². The van der Waals surface area contributed by atoms with Gasteiger partial charge in [0.15, 0.2) is 0 Å². The van der Waals surface area contributed by atoms with Gasteiger partial charge in [-0.3, -0.25) is 9.48 Å². The van der Waals surface area contributed by atoms with E-state index in [9.17, 15) is 4.79 Å². The molecule has 1 atom stereocenters. The van der Waals surface area contributed by atoms with Gasteiger partial charge in [0.2, 0.25) is 0 Å². The molecule has 94 valence electrons. The highest BCUT2D eigenvalue weighted by Gasteiger charge is 2.14. The summed E-state index contributed by atoms with van der Waals surface area (Å²) >= 11 is 0. The summed E-state index contributed by atoms with van der Waals surface area (Å²) in [6, 6.07) is 0.425. The molecule has 0 aliphatic carbocycles. The molecular formula is C12H20N4O. The Morgan fingerprint density at radius 2 is 2.53 bits per heavy atom. The molecule has 1 aliphatic rings. The van der Waals surface area contributed by atoms with E-state index in [1.54, 1.807) is 17.1 Å². The van der Waals surface area contributed by atoms with Crippen molar-refractivity contribution in [1.82, 2.24) is 20.4 Å². The van der Waals surface area contributed by atoms with E-state index in [2.05, 4.69) is 15.7 Å². The number of piperidine rings is 1. The van der Waals surface area contributed by atoms with Crippen molar-refractivity contribution in [3.63, 3.8) is 0 Å². The number of rotatable bonds is 4. The van der Waals surface area contributed by atoms with Gasteiger partial charge in [-0.25, -0.2) is 0 Å². The number of nitrogens with one attached hydrogen (secondary N) is 2. The summed E-state index contributed by atoms with van der Waals surface area (Å²) in [5.41, 5.74) is 0.641. The molecule has 5 nitrogen and oxygen atoms in total. The first kappa shape index (κ1) is 12.1. The normalized spacial score (nSPS) is 20.2. The predicted molar refractivity (Wildman–Crippen MR) is 65.9 cm³/mol. The number of carbonyl (C=O) groups is 1. The molecule has 1 aromatic rings. The Bertz CT molecular complexity index is 368. The fraction of sp³-hybridized carbons (Fsp3) is 0.667. The van der Waals surface area contributed by atoms with Crippen molar-refractivity contribution < 1.29 is 4.79 Å². The molecule has 1 aliphatic heterocycles. The van der Waals surface area contributed by atoms with Crippen LogP contribution in [0.15, 0.2) is 12.4 Å². The first-order valence-electron chi connectivity index (χ1n) is 6.33. The summed E-state index contributed by atoms with van der Waals surface area (Å²) in [7, 11) is 0. The third-order valence-electron chi connectivity index (χ3n) is 3.14. The van der Waals surface area contributed by atoms with Crippen LogP contribution in [0.25, 0.3) is 0 Å². The van der Waals surface area contributed by atoms with E-state index in [0.717, 1.165) is 19.5 Å². The second kappa shape index (κ2) is 5.82. The highest BCUT2D eigenvalue weighted by molar-refractivity contribution is 5.93. The number of aromatic nitrogens is 2. The molecule has 1 aromatic heterocycles. The maximum absolute atomic E-state index is 11.8.